The Morgan fingerprint density at radius 1 is 0.268 bits per heavy atom. The van der Waals surface area contributed by atoms with Gasteiger partial charge in [0, 0.05) is 49.4 Å². The molecule has 0 aliphatic rings. The molecule has 0 aliphatic heterocycles. The van der Waals surface area contributed by atoms with E-state index in [4.69, 9.17) is 0 Å². The summed E-state index contributed by atoms with van der Waals surface area (Å²) >= 11 is 0. The number of hydrogen-bond acceptors (Lipinski definition) is 0. The Bertz CT molecular complexity index is 2570. The Hall–Kier alpha value is -4.80. The summed E-state index contributed by atoms with van der Waals surface area (Å²) in [6, 6.07) is 58.4. The van der Waals surface area contributed by atoms with Gasteiger partial charge in [-0.05, 0) is 138 Å². The quantitative estimate of drug-likeness (QED) is 0.104. The predicted octanol–water partition coefficient (Wildman–Crippen LogP) is 13.7. The van der Waals surface area contributed by atoms with Crippen molar-refractivity contribution in [2.45, 2.75) is 24.6 Å². The third-order valence-corrected chi connectivity index (χ3v) is 16.0. The number of aromatic nitrogens is 4. The first-order valence-electron chi connectivity index (χ1n) is 19.2. The van der Waals surface area contributed by atoms with Gasteiger partial charge in [-0.15, -0.1) is 0 Å². The van der Waals surface area contributed by atoms with Crippen molar-refractivity contribution in [2.24, 2.45) is 0 Å². The van der Waals surface area contributed by atoms with Crippen molar-refractivity contribution in [3.05, 3.63) is 205 Å². The summed E-state index contributed by atoms with van der Waals surface area (Å²) in [5.74, 6) is 0. The Kier molecular flexibility index (Phi) is 10.2. The molecule has 4 heterocycles. The van der Waals surface area contributed by atoms with Crippen LogP contribution >= 0.6 is 34.9 Å². The number of hydrogen-bond donors (Lipinski definition) is 0. The lowest BCUT2D eigenvalue weighted by atomic mass is 9.89. The fraction of sp³-hybridized carbons (Fsp3) is 0.0833. The van der Waals surface area contributed by atoms with Gasteiger partial charge in [0.2, 0.25) is 0 Å². The molecular weight excluding hydrogens is 756 g/mol. The molecule has 0 spiro atoms. The summed E-state index contributed by atoms with van der Waals surface area (Å²) in [5.41, 5.74) is 13.9. The van der Waals surface area contributed by atoms with Gasteiger partial charge >= 0.3 is 0 Å². The minimum absolute atomic E-state index is 0.611. The molecule has 0 aliphatic carbocycles. The Labute approximate surface area is 334 Å². The van der Waals surface area contributed by atoms with Gasteiger partial charge < -0.3 is 17.4 Å². The Morgan fingerprint density at radius 3 is 0.786 bits per heavy atom. The van der Waals surface area contributed by atoms with Crippen LogP contribution in [-0.4, -0.2) is 17.4 Å². The summed E-state index contributed by atoms with van der Waals surface area (Å²) in [5, 5.41) is 5.22. The van der Waals surface area contributed by atoms with E-state index >= 15 is 0 Å². The van der Waals surface area contributed by atoms with Crippen molar-refractivity contribution in [1.82, 2.24) is 17.4 Å². The average Bonchev–Trinajstić information content (AvgIpc) is 4.06. The molecule has 0 saturated carbocycles. The van der Waals surface area contributed by atoms with Crippen molar-refractivity contribution >= 4 is 78.5 Å². The van der Waals surface area contributed by atoms with Crippen LogP contribution in [0.3, 0.4) is 0 Å². The van der Waals surface area contributed by atoms with Crippen LogP contribution in [0.5, 0.6) is 0 Å². The second kappa shape index (κ2) is 16.0. The first-order valence-corrected chi connectivity index (χ1v) is 23.8. The van der Waals surface area contributed by atoms with Gasteiger partial charge in [0.1, 0.15) is 0 Å². The highest BCUT2D eigenvalue weighted by atomic mass is 31.1. The van der Waals surface area contributed by atoms with E-state index in [0.717, 1.165) is 24.6 Å². The largest absolute Gasteiger partial charge is 0.329 e. The smallest absolute Gasteiger partial charge is 0.0511 e. The first-order chi connectivity index (χ1) is 27.8. The second-order valence-corrected chi connectivity index (χ2v) is 18.8. The van der Waals surface area contributed by atoms with Crippen molar-refractivity contribution in [2.75, 3.05) is 0 Å². The van der Waals surface area contributed by atoms with Gasteiger partial charge in [0.05, 0.1) is 22.1 Å². The maximum Gasteiger partial charge on any atom is 0.0511 e. The molecule has 4 atom stereocenters. The second-order valence-electron chi connectivity index (χ2n) is 14.2. The lowest BCUT2D eigenvalue weighted by Crippen LogP contribution is -2.02. The molecule has 4 nitrogen and oxygen atoms in total. The number of rotatable bonds is 13. The summed E-state index contributed by atoms with van der Waals surface area (Å²) in [7, 11) is 2.44. The summed E-state index contributed by atoms with van der Waals surface area (Å²) in [4.78, 5) is 0. The van der Waals surface area contributed by atoms with E-state index in [1.54, 1.807) is 0 Å². The zero-order valence-corrected chi connectivity index (χ0v) is 34.9. The number of benzene rings is 6. The molecule has 0 N–H and O–H groups in total. The SMILES string of the molecule is c1cc(CPn2ccc3ccccc32)c(-c2c(CPn3ccc4ccccc43)cccc2CPn2ccc3ccccc32)c(CPn2ccc3ccccc32)c1. The molecule has 10 aromatic rings. The van der Waals surface area contributed by atoms with Gasteiger partial charge in [-0.3, -0.25) is 0 Å². The molecule has 8 heteroatoms. The minimum atomic E-state index is 0.611. The fourth-order valence-corrected chi connectivity index (χ4v) is 12.9. The van der Waals surface area contributed by atoms with Crippen molar-refractivity contribution < 1.29 is 0 Å². The van der Waals surface area contributed by atoms with Gasteiger partial charge in [-0.1, -0.05) is 109 Å². The van der Waals surface area contributed by atoms with E-state index in [1.807, 2.05) is 0 Å². The minimum Gasteiger partial charge on any atom is -0.329 e. The van der Waals surface area contributed by atoms with Gasteiger partial charge in [-0.25, -0.2) is 0 Å². The molecule has 56 heavy (non-hydrogen) atoms. The van der Waals surface area contributed by atoms with E-state index in [2.05, 4.69) is 200 Å². The van der Waals surface area contributed by atoms with Crippen molar-refractivity contribution in [3.8, 4) is 11.1 Å². The highest BCUT2D eigenvalue weighted by molar-refractivity contribution is 7.36. The van der Waals surface area contributed by atoms with E-state index < -0.39 is 0 Å². The van der Waals surface area contributed by atoms with Crippen molar-refractivity contribution in [3.63, 3.8) is 0 Å². The van der Waals surface area contributed by atoms with E-state index in [0.29, 0.717) is 34.9 Å². The zero-order valence-electron chi connectivity index (χ0n) is 30.9. The van der Waals surface area contributed by atoms with Crippen LogP contribution in [0.25, 0.3) is 54.7 Å². The van der Waals surface area contributed by atoms with E-state index in [9.17, 15) is 0 Å². The molecule has 0 radical (unpaired) electrons. The Morgan fingerprint density at radius 2 is 0.518 bits per heavy atom. The first kappa shape index (κ1) is 35.6. The van der Waals surface area contributed by atoms with E-state index in [1.165, 1.54) is 77.0 Å². The summed E-state index contributed by atoms with van der Waals surface area (Å²) in [6.45, 7) is 0. The molecular formula is C48H42N4P4. The number of nitrogens with zero attached hydrogens (tertiary/aromatic N) is 4. The summed E-state index contributed by atoms with van der Waals surface area (Å²) in [6.07, 6.45) is 13.0. The van der Waals surface area contributed by atoms with Crippen LogP contribution in [0.2, 0.25) is 0 Å². The molecule has 10 rings (SSSR count). The standard InChI is InChI=1S/C48H42N4P4/c1-5-19-43-35(11-1)23-27-49(43)53-31-39-15-9-16-40(32-54-50-28-24-36-12-2-6-20-44(36)50)47(39)48-41(33-55-51-29-25-37-13-3-7-21-45(37)51)17-10-18-42(48)34-56-52-30-26-38-14-4-8-22-46(38)52/h1-30,53-56H,31-34H2. The highest BCUT2D eigenvalue weighted by Gasteiger charge is 2.20. The fourth-order valence-electron chi connectivity index (χ4n) is 8.10. The highest BCUT2D eigenvalue weighted by Crippen LogP contribution is 2.44. The van der Waals surface area contributed by atoms with Crippen molar-refractivity contribution in [1.29, 1.82) is 0 Å². The normalized spacial score (nSPS) is 12.6. The molecule has 274 valence electrons. The molecule has 0 amide bonds. The zero-order chi connectivity index (χ0) is 37.3. The van der Waals surface area contributed by atoms with Crippen LogP contribution in [0.15, 0.2) is 183 Å². The van der Waals surface area contributed by atoms with Gasteiger partial charge in [0.15, 0.2) is 0 Å². The molecule has 0 fully saturated rings. The van der Waals surface area contributed by atoms with E-state index in [-0.39, 0.29) is 0 Å². The topological polar surface area (TPSA) is 19.7 Å². The third-order valence-electron chi connectivity index (χ3n) is 10.9. The van der Waals surface area contributed by atoms with Gasteiger partial charge in [0.25, 0.3) is 0 Å². The molecule has 0 bridgehead atoms. The molecule has 4 aromatic heterocycles. The van der Waals surface area contributed by atoms with Crippen LogP contribution in [0.1, 0.15) is 22.3 Å². The lowest BCUT2D eigenvalue weighted by molar-refractivity contribution is 1.22. The molecule has 0 saturated heterocycles. The third kappa shape index (κ3) is 7.06. The van der Waals surface area contributed by atoms with Crippen LogP contribution in [0, 0.1) is 0 Å². The van der Waals surface area contributed by atoms with Crippen LogP contribution < -0.4 is 0 Å². The molecule has 6 aromatic carbocycles. The monoisotopic (exact) mass is 798 g/mol. The predicted molar refractivity (Wildman–Crippen MR) is 249 cm³/mol. The maximum atomic E-state index is 2.46. The number of fused-ring (bicyclic) bond motifs is 4. The summed E-state index contributed by atoms with van der Waals surface area (Å²) < 4.78 is 9.85. The molecule has 4 unspecified atom stereocenters. The Balaban J connectivity index is 1.08. The average molecular weight is 799 g/mol. The number of para-hydroxylation sites is 4. The van der Waals surface area contributed by atoms with Crippen LogP contribution in [0.4, 0.5) is 0 Å². The van der Waals surface area contributed by atoms with Crippen LogP contribution in [-0.2, 0) is 24.6 Å². The lowest BCUT2D eigenvalue weighted by Gasteiger charge is -2.23. The maximum absolute atomic E-state index is 2.46. The van der Waals surface area contributed by atoms with Gasteiger partial charge in [-0.2, -0.15) is 0 Å².